The second-order valence-corrected chi connectivity index (χ2v) is 7.04. The topological polar surface area (TPSA) is 15.3 Å². The lowest BCUT2D eigenvalue weighted by atomic mass is 9.88. The molecule has 0 amide bonds. The monoisotopic (exact) mass is 290 g/mol. The molecule has 1 N–H and O–H groups in total. The van der Waals surface area contributed by atoms with Gasteiger partial charge in [-0.15, -0.1) is 0 Å². The summed E-state index contributed by atoms with van der Waals surface area (Å²) < 4.78 is 14.4. The molecule has 0 heterocycles. The zero-order chi connectivity index (χ0) is 15.0. The van der Waals surface area contributed by atoms with Gasteiger partial charge in [0.15, 0.2) is 0 Å². The van der Waals surface area contributed by atoms with Crippen molar-refractivity contribution in [2.45, 2.75) is 38.6 Å². The maximum Gasteiger partial charge on any atom is 0.146 e. The van der Waals surface area contributed by atoms with Crippen LogP contribution in [0.5, 0.6) is 0 Å². The van der Waals surface area contributed by atoms with Crippen molar-refractivity contribution >= 4 is 5.69 Å². The third kappa shape index (κ3) is 2.94. The SMILES string of the molecule is CNC(C)c1ccc(N(C)CC2CC3CCC2C3)c(F)c1. The van der Waals surface area contributed by atoms with Gasteiger partial charge in [0.1, 0.15) is 5.82 Å². The molecule has 2 fully saturated rings. The normalized spacial score (nSPS) is 28.9. The summed E-state index contributed by atoms with van der Waals surface area (Å²) in [5, 5.41) is 3.15. The van der Waals surface area contributed by atoms with E-state index in [2.05, 4.69) is 10.2 Å². The van der Waals surface area contributed by atoms with Crippen molar-refractivity contribution in [3.05, 3.63) is 29.6 Å². The molecule has 0 radical (unpaired) electrons. The molecule has 1 aromatic carbocycles. The van der Waals surface area contributed by atoms with Crippen LogP contribution in [0.3, 0.4) is 0 Å². The summed E-state index contributed by atoms with van der Waals surface area (Å²) in [6, 6.07) is 5.83. The molecule has 0 aromatic heterocycles. The largest absolute Gasteiger partial charge is 0.372 e. The Bertz CT molecular complexity index is 502. The molecule has 1 aromatic rings. The van der Waals surface area contributed by atoms with E-state index in [4.69, 9.17) is 0 Å². The van der Waals surface area contributed by atoms with E-state index in [1.807, 2.05) is 33.2 Å². The number of nitrogens with one attached hydrogen (secondary N) is 1. The number of anilines is 1. The molecule has 21 heavy (non-hydrogen) atoms. The maximum absolute atomic E-state index is 14.4. The number of hydrogen-bond donors (Lipinski definition) is 1. The standard InChI is InChI=1S/C18H27FN2/c1-12(20-2)14-6-7-18(17(19)10-14)21(3)11-16-9-13-4-5-15(16)8-13/h6-7,10,12-13,15-16,20H,4-5,8-9,11H2,1-3H3. The van der Waals surface area contributed by atoms with Crippen LogP contribution in [0.15, 0.2) is 18.2 Å². The van der Waals surface area contributed by atoms with Gasteiger partial charge in [0.25, 0.3) is 0 Å². The van der Waals surface area contributed by atoms with E-state index in [0.29, 0.717) is 0 Å². The summed E-state index contributed by atoms with van der Waals surface area (Å²) in [7, 11) is 3.93. The molecule has 3 heteroatoms. The molecule has 0 saturated heterocycles. The van der Waals surface area contributed by atoms with Gasteiger partial charge in [0, 0.05) is 19.6 Å². The van der Waals surface area contributed by atoms with Gasteiger partial charge < -0.3 is 10.2 Å². The highest BCUT2D eigenvalue weighted by atomic mass is 19.1. The molecule has 4 unspecified atom stereocenters. The third-order valence-electron chi connectivity index (χ3n) is 5.71. The average molecular weight is 290 g/mol. The Hall–Kier alpha value is -1.09. The molecule has 2 bridgehead atoms. The summed E-state index contributed by atoms with van der Waals surface area (Å²) in [6.45, 7) is 3.05. The van der Waals surface area contributed by atoms with Crippen LogP contribution in [0.2, 0.25) is 0 Å². The zero-order valence-electron chi connectivity index (χ0n) is 13.4. The third-order valence-corrected chi connectivity index (χ3v) is 5.71. The van der Waals surface area contributed by atoms with E-state index in [9.17, 15) is 4.39 Å². The number of benzene rings is 1. The predicted molar refractivity (Wildman–Crippen MR) is 86.1 cm³/mol. The van der Waals surface area contributed by atoms with Gasteiger partial charge in [0.2, 0.25) is 0 Å². The molecule has 2 aliphatic carbocycles. The molecule has 2 aliphatic rings. The van der Waals surface area contributed by atoms with Gasteiger partial charge in [-0.05, 0) is 68.7 Å². The predicted octanol–water partition coefficient (Wildman–Crippen LogP) is 3.98. The number of rotatable bonds is 5. The second-order valence-electron chi connectivity index (χ2n) is 7.04. The molecule has 116 valence electrons. The Morgan fingerprint density at radius 2 is 2.14 bits per heavy atom. The lowest BCUT2D eigenvalue weighted by molar-refractivity contribution is 0.337. The van der Waals surface area contributed by atoms with Crippen molar-refractivity contribution in [2.24, 2.45) is 17.8 Å². The minimum Gasteiger partial charge on any atom is -0.372 e. The van der Waals surface area contributed by atoms with Crippen molar-refractivity contribution in [1.29, 1.82) is 0 Å². The summed E-state index contributed by atoms with van der Waals surface area (Å²) >= 11 is 0. The molecule has 4 atom stereocenters. The lowest BCUT2D eigenvalue weighted by Gasteiger charge is -2.29. The van der Waals surface area contributed by atoms with Gasteiger partial charge in [0.05, 0.1) is 5.69 Å². The summed E-state index contributed by atoms with van der Waals surface area (Å²) in [4.78, 5) is 2.12. The van der Waals surface area contributed by atoms with Gasteiger partial charge in [-0.3, -0.25) is 0 Å². The van der Waals surface area contributed by atoms with Crippen molar-refractivity contribution in [1.82, 2.24) is 5.32 Å². The zero-order valence-corrected chi connectivity index (χ0v) is 13.4. The Morgan fingerprint density at radius 3 is 2.71 bits per heavy atom. The molecular weight excluding hydrogens is 263 g/mol. The molecule has 3 rings (SSSR count). The minimum atomic E-state index is -0.0970. The molecule has 2 nitrogen and oxygen atoms in total. The number of halogens is 1. The number of hydrogen-bond acceptors (Lipinski definition) is 2. The maximum atomic E-state index is 14.4. The smallest absolute Gasteiger partial charge is 0.146 e. The summed E-state index contributed by atoms with van der Waals surface area (Å²) in [6.07, 6.45) is 5.59. The van der Waals surface area contributed by atoms with Crippen molar-refractivity contribution < 1.29 is 4.39 Å². The molecule has 0 aliphatic heterocycles. The van der Waals surface area contributed by atoms with Gasteiger partial charge >= 0.3 is 0 Å². The fourth-order valence-corrected chi connectivity index (χ4v) is 4.32. The summed E-state index contributed by atoms with van der Waals surface area (Å²) in [5.74, 6) is 2.52. The van der Waals surface area contributed by atoms with Crippen LogP contribution in [0, 0.1) is 23.6 Å². The van der Waals surface area contributed by atoms with Crippen LogP contribution in [-0.2, 0) is 0 Å². The van der Waals surface area contributed by atoms with E-state index in [-0.39, 0.29) is 11.9 Å². The van der Waals surface area contributed by atoms with E-state index in [1.165, 1.54) is 25.7 Å². The quantitative estimate of drug-likeness (QED) is 0.882. The molecular formula is C18H27FN2. The fourth-order valence-electron chi connectivity index (χ4n) is 4.32. The molecule has 0 spiro atoms. The Kier molecular flexibility index (Phi) is 4.21. The first kappa shape index (κ1) is 14.8. The van der Waals surface area contributed by atoms with E-state index < -0.39 is 0 Å². The summed E-state index contributed by atoms with van der Waals surface area (Å²) in [5.41, 5.74) is 1.75. The average Bonchev–Trinajstić information content (AvgIpc) is 3.08. The van der Waals surface area contributed by atoms with Crippen LogP contribution in [0.1, 0.15) is 44.2 Å². The van der Waals surface area contributed by atoms with Gasteiger partial charge in [-0.1, -0.05) is 12.5 Å². The van der Waals surface area contributed by atoms with Crippen LogP contribution >= 0.6 is 0 Å². The Morgan fingerprint density at radius 1 is 1.33 bits per heavy atom. The van der Waals surface area contributed by atoms with Gasteiger partial charge in [-0.2, -0.15) is 0 Å². The van der Waals surface area contributed by atoms with Gasteiger partial charge in [-0.25, -0.2) is 4.39 Å². The molecule has 2 saturated carbocycles. The van der Waals surface area contributed by atoms with E-state index in [0.717, 1.165) is 35.5 Å². The van der Waals surface area contributed by atoms with E-state index in [1.54, 1.807) is 6.07 Å². The number of nitrogens with zero attached hydrogens (tertiary/aromatic N) is 1. The highest BCUT2D eigenvalue weighted by Crippen LogP contribution is 2.48. The lowest BCUT2D eigenvalue weighted by Crippen LogP contribution is -2.29. The van der Waals surface area contributed by atoms with Crippen molar-refractivity contribution in [3.8, 4) is 0 Å². The minimum absolute atomic E-state index is 0.0970. The fraction of sp³-hybridized carbons (Fsp3) is 0.667. The van der Waals surface area contributed by atoms with Crippen LogP contribution in [0.4, 0.5) is 10.1 Å². The first-order chi connectivity index (χ1) is 10.1. The second kappa shape index (κ2) is 5.96. The van der Waals surface area contributed by atoms with E-state index >= 15 is 0 Å². The van der Waals surface area contributed by atoms with Crippen LogP contribution in [-0.4, -0.2) is 20.6 Å². The number of fused-ring (bicyclic) bond motifs is 2. The first-order valence-corrected chi connectivity index (χ1v) is 8.26. The highest BCUT2D eigenvalue weighted by Gasteiger charge is 2.39. The van der Waals surface area contributed by atoms with Crippen molar-refractivity contribution in [3.63, 3.8) is 0 Å². The Labute approximate surface area is 127 Å². The Balaban J connectivity index is 1.68. The van der Waals surface area contributed by atoms with Crippen LogP contribution in [0.25, 0.3) is 0 Å². The van der Waals surface area contributed by atoms with Crippen LogP contribution < -0.4 is 10.2 Å². The first-order valence-electron chi connectivity index (χ1n) is 8.26. The van der Waals surface area contributed by atoms with Crippen molar-refractivity contribution in [2.75, 3.05) is 25.5 Å². The highest BCUT2D eigenvalue weighted by molar-refractivity contribution is 5.49.